The fraction of sp³-hybridized carbons (Fsp3) is 0.538. The summed E-state index contributed by atoms with van der Waals surface area (Å²) in [6.45, 7) is 2.04. The van der Waals surface area contributed by atoms with Gasteiger partial charge in [0.2, 0.25) is 0 Å². The lowest BCUT2D eigenvalue weighted by Crippen LogP contribution is -2.45. The molecule has 0 radical (unpaired) electrons. The zero-order valence-corrected chi connectivity index (χ0v) is 9.65. The summed E-state index contributed by atoms with van der Waals surface area (Å²) in [6, 6.07) is 3.79. The smallest absolute Gasteiger partial charge is 0.126 e. The van der Waals surface area contributed by atoms with Crippen LogP contribution in [0, 0.1) is 0 Å². The van der Waals surface area contributed by atoms with Crippen molar-refractivity contribution in [2.24, 2.45) is 5.73 Å². The molecule has 16 heavy (non-hydrogen) atoms. The Hall–Kier alpha value is -1.06. The van der Waals surface area contributed by atoms with Gasteiger partial charge >= 0.3 is 0 Å². The maximum absolute atomic E-state index is 9.49. The van der Waals surface area contributed by atoms with Crippen molar-refractivity contribution in [3.8, 4) is 0 Å². The Balaban J connectivity index is 2.11. The van der Waals surface area contributed by atoms with Gasteiger partial charge in [-0.05, 0) is 56.4 Å². The molecule has 0 bridgehead atoms. The second-order valence-electron chi connectivity index (χ2n) is 4.73. The van der Waals surface area contributed by atoms with Crippen molar-refractivity contribution in [2.45, 2.75) is 44.2 Å². The fourth-order valence-corrected chi connectivity index (χ4v) is 2.24. The number of aliphatic hydroxyl groups is 1. The summed E-state index contributed by atoms with van der Waals surface area (Å²) in [6.07, 6.45) is 6.76. The molecule has 0 amide bonds. The van der Waals surface area contributed by atoms with Crippen LogP contribution in [0.5, 0.6) is 0 Å². The van der Waals surface area contributed by atoms with E-state index in [0.717, 1.165) is 37.0 Å². The lowest BCUT2D eigenvalue weighted by atomic mass is 9.76. The molecule has 1 aliphatic rings. The van der Waals surface area contributed by atoms with Crippen molar-refractivity contribution in [1.29, 1.82) is 0 Å². The van der Waals surface area contributed by atoms with Gasteiger partial charge in [-0.25, -0.2) is 0 Å². The van der Waals surface area contributed by atoms with Crippen LogP contribution in [0.4, 0.5) is 0 Å². The van der Waals surface area contributed by atoms with Crippen LogP contribution < -0.4 is 5.73 Å². The molecule has 0 aliphatic heterocycles. The quantitative estimate of drug-likeness (QED) is 0.805. The topological polar surface area (TPSA) is 59.4 Å². The summed E-state index contributed by atoms with van der Waals surface area (Å²) < 4.78 is 5.28. The van der Waals surface area contributed by atoms with Gasteiger partial charge in [0.1, 0.15) is 5.76 Å². The molecule has 88 valence electrons. The second kappa shape index (κ2) is 4.44. The number of hydrogen-bond donors (Lipinski definition) is 2. The average Bonchev–Trinajstić information content (AvgIpc) is 2.75. The molecule has 0 atom stereocenters. The van der Waals surface area contributed by atoms with E-state index in [1.54, 1.807) is 6.26 Å². The summed E-state index contributed by atoms with van der Waals surface area (Å²) in [7, 11) is 0. The van der Waals surface area contributed by atoms with Crippen LogP contribution >= 0.6 is 0 Å². The van der Waals surface area contributed by atoms with E-state index >= 15 is 0 Å². The van der Waals surface area contributed by atoms with Gasteiger partial charge in [-0.1, -0.05) is 0 Å². The number of hydrogen-bond acceptors (Lipinski definition) is 3. The first-order valence-corrected chi connectivity index (χ1v) is 5.79. The van der Waals surface area contributed by atoms with Crippen molar-refractivity contribution in [1.82, 2.24) is 0 Å². The molecule has 1 aromatic heterocycles. The minimum Gasteiger partial charge on any atom is -0.465 e. The molecule has 1 heterocycles. The van der Waals surface area contributed by atoms with Crippen molar-refractivity contribution in [2.75, 3.05) is 0 Å². The van der Waals surface area contributed by atoms with Crippen molar-refractivity contribution in [3.63, 3.8) is 0 Å². The second-order valence-corrected chi connectivity index (χ2v) is 4.73. The normalized spacial score (nSPS) is 31.7. The van der Waals surface area contributed by atoms with E-state index in [0.29, 0.717) is 0 Å². The largest absolute Gasteiger partial charge is 0.465 e. The molecule has 3 N–H and O–H groups in total. The first-order valence-electron chi connectivity index (χ1n) is 5.79. The maximum Gasteiger partial charge on any atom is 0.126 e. The Morgan fingerprint density at radius 2 is 2.25 bits per heavy atom. The van der Waals surface area contributed by atoms with Crippen LogP contribution in [0.3, 0.4) is 0 Å². The van der Waals surface area contributed by atoms with Gasteiger partial charge in [0.05, 0.1) is 12.4 Å². The minimum atomic E-state index is -0.272. The van der Waals surface area contributed by atoms with Gasteiger partial charge in [-0.2, -0.15) is 0 Å². The summed E-state index contributed by atoms with van der Waals surface area (Å²) in [4.78, 5) is 0. The number of rotatable bonds is 2. The molecule has 0 saturated heterocycles. The average molecular weight is 221 g/mol. The van der Waals surface area contributed by atoms with Crippen LogP contribution in [0.1, 0.15) is 38.4 Å². The van der Waals surface area contributed by atoms with Crippen LogP contribution in [0.15, 0.2) is 28.4 Å². The predicted molar refractivity (Wildman–Crippen MR) is 63.8 cm³/mol. The van der Waals surface area contributed by atoms with Gasteiger partial charge in [-0.3, -0.25) is 0 Å². The Bertz CT molecular complexity index is 359. The Kier molecular flexibility index (Phi) is 3.17. The summed E-state index contributed by atoms with van der Waals surface area (Å²) in [5.41, 5.74) is 7.22. The molecule has 0 unspecified atom stereocenters. The molecule has 1 fully saturated rings. The first-order chi connectivity index (χ1) is 7.60. The summed E-state index contributed by atoms with van der Waals surface area (Å²) in [5.74, 6) is 0.841. The van der Waals surface area contributed by atoms with E-state index in [2.05, 4.69) is 0 Å². The molecule has 3 heteroatoms. The molecular weight excluding hydrogens is 202 g/mol. The van der Waals surface area contributed by atoms with Crippen LogP contribution in [-0.4, -0.2) is 16.7 Å². The van der Waals surface area contributed by atoms with E-state index in [4.69, 9.17) is 10.2 Å². The van der Waals surface area contributed by atoms with E-state index in [9.17, 15) is 5.11 Å². The number of aliphatic hydroxyl groups excluding tert-OH is 1. The third-order valence-electron chi connectivity index (χ3n) is 3.53. The van der Waals surface area contributed by atoms with Crippen LogP contribution in [0.2, 0.25) is 0 Å². The highest BCUT2D eigenvalue weighted by atomic mass is 16.3. The van der Waals surface area contributed by atoms with Gasteiger partial charge in [0, 0.05) is 5.54 Å². The lowest BCUT2D eigenvalue weighted by Gasteiger charge is -2.36. The molecule has 1 aromatic rings. The Morgan fingerprint density at radius 3 is 2.81 bits per heavy atom. The monoisotopic (exact) mass is 221 g/mol. The molecule has 0 spiro atoms. The maximum atomic E-state index is 9.49. The molecule has 2 rings (SSSR count). The van der Waals surface area contributed by atoms with Crippen molar-refractivity contribution in [3.05, 3.63) is 29.7 Å². The highest BCUT2D eigenvalue weighted by Crippen LogP contribution is 2.32. The van der Waals surface area contributed by atoms with Crippen molar-refractivity contribution >= 4 is 6.08 Å². The standard InChI is InChI=1S/C13H19NO2/c1-10(9-12-3-2-8-16-12)13(14)6-4-11(15)5-7-13/h2-3,8-9,11,15H,4-7,14H2,1H3/b10-9-. The summed E-state index contributed by atoms with van der Waals surface area (Å²) in [5, 5.41) is 9.49. The van der Waals surface area contributed by atoms with Gasteiger partial charge in [0.25, 0.3) is 0 Å². The fourth-order valence-electron chi connectivity index (χ4n) is 2.24. The van der Waals surface area contributed by atoms with Gasteiger partial charge in [0.15, 0.2) is 0 Å². The number of nitrogens with two attached hydrogens (primary N) is 1. The molecule has 1 saturated carbocycles. The number of furan rings is 1. The highest BCUT2D eigenvalue weighted by Gasteiger charge is 2.32. The van der Waals surface area contributed by atoms with Crippen LogP contribution in [-0.2, 0) is 0 Å². The molecular formula is C13H19NO2. The summed E-state index contributed by atoms with van der Waals surface area (Å²) >= 11 is 0. The predicted octanol–water partition coefficient (Wildman–Crippen LogP) is 2.32. The zero-order chi connectivity index (χ0) is 11.6. The van der Waals surface area contributed by atoms with E-state index in [1.165, 1.54) is 0 Å². The molecule has 1 aliphatic carbocycles. The molecule has 3 nitrogen and oxygen atoms in total. The lowest BCUT2D eigenvalue weighted by molar-refractivity contribution is 0.107. The Morgan fingerprint density at radius 1 is 1.56 bits per heavy atom. The third-order valence-corrected chi connectivity index (χ3v) is 3.53. The molecule has 0 aromatic carbocycles. The minimum absolute atomic E-state index is 0.173. The Labute approximate surface area is 95.9 Å². The highest BCUT2D eigenvalue weighted by molar-refractivity contribution is 5.50. The van der Waals surface area contributed by atoms with Crippen LogP contribution in [0.25, 0.3) is 6.08 Å². The SMILES string of the molecule is C/C(=C/c1ccco1)C1(N)CCC(O)CC1. The van der Waals surface area contributed by atoms with E-state index in [-0.39, 0.29) is 11.6 Å². The first kappa shape index (κ1) is 11.4. The van der Waals surface area contributed by atoms with Gasteiger partial charge in [-0.15, -0.1) is 0 Å². The zero-order valence-electron chi connectivity index (χ0n) is 9.65. The van der Waals surface area contributed by atoms with Gasteiger partial charge < -0.3 is 15.3 Å². The van der Waals surface area contributed by atoms with E-state index in [1.807, 2.05) is 25.1 Å². The van der Waals surface area contributed by atoms with Crippen molar-refractivity contribution < 1.29 is 9.52 Å². The van der Waals surface area contributed by atoms with E-state index < -0.39 is 0 Å². The third kappa shape index (κ3) is 2.36.